The average Bonchev–Trinajstić information content (AvgIpc) is 3.32. The molecule has 0 atom stereocenters. The molecule has 3 N–H and O–H groups in total. The molecule has 0 aliphatic rings. The summed E-state index contributed by atoms with van der Waals surface area (Å²) in [5.74, 6) is -0.0586. The van der Waals surface area contributed by atoms with E-state index in [1.54, 1.807) is 92.1 Å². The Morgan fingerprint density at radius 2 is 1.81 bits per heavy atom. The fourth-order valence-corrected chi connectivity index (χ4v) is 3.94. The van der Waals surface area contributed by atoms with Crippen LogP contribution in [0.15, 0.2) is 100 Å². The second-order valence-electron chi connectivity index (χ2n) is 7.81. The fourth-order valence-electron chi connectivity index (χ4n) is 3.19. The monoisotopic (exact) mass is 513 g/mol. The van der Waals surface area contributed by atoms with Crippen molar-refractivity contribution >= 4 is 47.1 Å². The number of thioether (sulfide) groups is 1. The molecule has 2 aromatic carbocycles. The highest BCUT2D eigenvalue weighted by Gasteiger charge is 2.15. The van der Waals surface area contributed by atoms with Gasteiger partial charge in [-0.15, -0.1) is 11.8 Å². The third-order valence-corrected chi connectivity index (χ3v) is 5.88. The van der Waals surface area contributed by atoms with Crippen LogP contribution in [0.3, 0.4) is 0 Å². The second kappa shape index (κ2) is 12.3. The van der Waals surface area contributed by atoms with Crippen LogP contribution in [0, 0.1) is 6.92 Å². The van der Waals surface area contributed by atoms with E-state index in [-0.39, 0.29) is 17.4 Å². The number of anilines is 2. The number of hydrogen-bond donors (Lipinski definition) is 3. The molecule has 4 rings (SSSR count). The SMILES string of the molecule is Cc1cc(NC(=O)CSc2cccc(NC(=O)/C(=C/c3cccnc3)NC(=O)c3ccccc3)c2)no1. The van der Waals surface area contributed by atoms with Gasteiger partial charge in [0, 0.05) is 34.6 Å². The summed E-state index contributed by atoms with van der Waals surface area (Å²) in [6.07, 6.45) is 4.76. The van der Waals surface area contributed by atoms with E-state index in [1.807, 2.05) is 6.07 Å². The van der Waals surface area contributed by atoms with E-state index in [2.05, 4.69) is 26.1 Å². The van der Waals surface area contributed by atoms with E-state index in [0.29, 0.717) is 28.4 Å². The number of carbonyl (C=O) groups excluding carboxylic acids is 3. The highest BCUT2D eigenvalue weighted by Crippen LogP contribution is 2.22. The summed E-state index contributed by atoms with van der Waals surface area (Å²) in [5.41, 5.74) is 1.64. The number of nitrogens with zero attached hydrogens (tertiary/aromatic N) is 2. The van der Waals surface area contributed by atoms with Crippen LogP contribution in [-0.2, 0) is 9.59 Å². The first-order chi connectivity index (χ1) is 18.0. The largest absolute Gasteiger partial charge is 0.360 e. The lowest BCUT2D eigenvalue weighted by atomic mass is 10.2. The number of hydrogen-bond acceptors (Lipinski definition) is 7. The Kier molecular flexibility index (Phi) is 8.45. The zero-order chi connectivity index (χ0) is 26.0. The van der Waals surface area contributed by atoms with Crippen LogP contribution < -0.4 is 16.0 Å². The van der Waals surface area contributed by atoms with Crippen LogP contribution in [-0.4, -0.2) is 33.6 Å². The van der Waals surface area contributed by atoms with Gasteiger partial charge in [0.05, 0.1) is 5.75 Å². The molecule has 2 heterocycles. The molecule has 0 aliphatic heterocycles. The van der Waals surface area contributed by atoms with E-state index >= 15 is 0 Å². The Balaban J connectivity index is 1.43. The molecule has 0 radical (unpaired) electrons. The number of amides is 3. The molecule has 3 amide bonds. The first kappa shape index (κ1) is 25.4. The van der Waals surface area contributed by atoms with E-state index in [1.165, 1.54) is 11.8 Å². The molecule has 0 saturated heterocycles. The lowest BCUT2D eigenvalue weighted by Gasteiger charge is -2.12. The minimum absolute atomic E-state index is 0.0576. The van der Waals surface area contributed by atoms with E-state index in [4.69, 9.17) is 4.52 Å². The third-order valence-electron chi connectivity index (χ3n) is 4.88. The lowest BCUT2D eigenvalue weighted by Crippen LogP contribution is -2.30. The summed E-state index contributed by atoms with van der Waals surface area (Å²) in [6, 6.07) is 20.8. The second-order valence-corrected chi connectivity index (χ2v) is 8.85. The van der Waals surface area contributed by atoms with Gasteiger partial charge in [-0.05, 0) is 55.0 Å². The summed E-state index contributed by atoms with van der Waals surface area (Å²) >= 11 is 1.30. The molecule has 0 unspecified atom stereocenters. The minimum atomic E-state index is -0.505. The van der Waals surface area contributed by atoms with Gasteiger partial charge in [0.2, 0.25) is 5.91 Å². The lowest BCUT2D eigenvalue weighted by molar-refractivity contribution is -0.114. The van der Waals surface area contributed by atoms with E-state index < -0.39 is 11.8 Å². The van der Waals surface area contributed by atoms with Crippen molar-refractivity contribution in [1.29, 1.82) is 0 Å². The van der Waals surface area contributed by atoms with Gasteiger partial charge in [-0.3, -0.25) is 19.4 Å². The van der Waals surface area contributed by atoms with Crippen molar-refractivity contribution in [2.75, 3.05) is 16.4 Å². The van der Waals surface area contributed by atoms with Gasteiger partial charge < -0.3 is 20.5 Å². The van der Waals surface area contributed by atoms with Gasteiger partial charge in [-0.25, -0.2) is 0 Å². The van der Waals surface area contributed by atoms with Gasteiger partial charge in [-0.1, -0.05) is 35.5 Å². The number of aryl methyl sites for hydroxylation is 1. The fraction of sp³-hybridized carbons (Fsp3) is 0.0741. The van der Waals surface area contributed by atoms with Gasteiger partial charge in [-0.2, -0.15) is 0 Å². The molecular formula is C27H23N5O4S. The number of aromatic nitrogens is 2. The van der Waals surface area contributed by atoms with Crippen molar-refractivity contribution in [2.24, 2.45) is 0 Å². The first-order valence-electron chi connectivity index (χ1n) is 11.2. The highest BCUT2D eigenvalue weighted by molar-refractivity contribution is 8.00. The number of pyridine rings is 1. The molecule has 2 aromatic heterocycles. The summed E-state index contributed by atoms with van der Waals surface area (Å²) in [7, 11) is 0. The van der Waals surface area contributed by atoms with Crippen LogP contribution in [0.1, 0.15) is 21.7 Å². The van der Waals surface area contributed by atoms with Crippen LogP contribution in [0.4, 0.5) is 11.5 Å². The zero-order valence-electron chi connectivity index (χ0n) is 19.8. The average molecular weight is 514 g/mol. The molecule has 0 bridgehead atoms. The Morgan fingerprint density at radius 1 is 0.973 bits per heavy atom. The normalized spacial score (nSPS) is 11.0. The summed E-state index contributed by atoms with van der Waals surface area (Å²) in [6.45, 7) is 1.74. The molecule has 0 fully saturated rings. The van der Waals surface area contributed by atoms with Crippen LogP contribution in [0.2, 0.25) is 0 Å². The third kappa shape index (κ3) is 7.64. The molecule has 10 heteroatoms. The number of nitrogens with one attached hydrogen (secondary N) is 3. The molecule has 37 heavy (non-hydrogen) atoms. The molecule has 4 aromatic rings. The number of carbonyl (C=O) groups is 3. The Morgan fingerprint density at radius 3 is 2.54 bits per heavy atom. The Bertz CT molecular complexity index is 1420. The maximum absolute atomic E-state index is 13.2. The van der Waals surface area contributed by atoms with E-state index in [0.717, 1.165) is 4.90 Å². The van der Waals surface area contributed by atoms with Gasteiger partial charge in [0.15, 0.2) is 5.82 Å². The highest BCUT2D eigenvalue weighted by atomic mass is 32.2. The first-order valence-corrected chi connectivity index (χ1v) is 12.2. The van der Waals surface area contributed by atoms with Crippen molar-refractivity contribution in [2.45, 2.75) is 11.8 Å². The Labute approximate surface area is 217 Å². The summed E-state index contributed by atoms with van der Waals surface area (Å²) in [4.78, 5) is 42.9. The smallest absolute Gasteiger partial charge is 0.272 e. The maximum atomic E-state index is 13.2. The van der Waals surface area contributed by atoms with Gasteiger partial charge in [0.1, 0.15) is 11.5 Å². The quantitative estimate of drug-likeness (QED) is 0.222. The van der Waals surface area contributed by atoms with Crippen LogP contribution in [0.5, 0.6) is 0 Å². The van der Waals surface area contributed by atoms with Crippen molar-refractivity contribution < 1.29 is 18.9 Å². The van der Waals surface area contributed by atoms with Crippen LogP contribution >= 0.6 is 11.8 Å². The number of rotatable bonds is 9. The van der Waals surface area contributed by atoms with E-state index in [9.17, 15) is 14.4 Å². The number of benzene rings is 2. The predicted molar refractivity (Wildman–Crippen MR) is 142 cm³/mol. The topological polar surface area (TPSA) is 126 Å². The zero-order valence-corrected chi connectivity index (χ0v) is 20.6. The molecule has 0 aliphatic carbocycles. The standard InChI is InChI=1S/C27H23N5O4S/c1-18-13-24(32-36-18)31-25(33)17-37-22-11-5-10-21(15-22)29-27(35)23(14-19-7-6-12-28-16-19)30-26(34)20-8-3-2-4-9-20/h2-16H,17H2,1H3,(H,29,35)(H,30,34)(H,31,32,33)/b23-14-. The van der Waals surface area contributed by atoms with Crippen molar-refractivity contribution in [3.8, 4) is 0 Å². The molecule has 9 nitrogen and oxygen atoms in total. The van der Waals surface area contributed by atoms with Gasteiger partial charge in [0.25, 0.3) is 11.8 Å². The summed E-state index contributed by atoms with van der Waals surface area (Å²) < 4.78 is 4.94. The Hall–Kier alpha value is -4.70. The summed E-state index contributed by atoms with van der Waals surface area (Å²) in [5, 5.41) is 11.9. The molecule has 0 spiro atoms. The van der Waals surface area contributed by atoms with Gasteiger partial charge >= 0.3 is 0 Å². The maximum Gasteiger partial charge on any atom is 0.272 e. The van der Waals surface area contributed by atoms with Crippen molar-refractivity contribution in [3.05, 3.63) is 108 Å². The molecule has 0 saturated carbocycles. The van der Waals surface area contributed by atoms with Crippen LogP contribution in [0.25, 0.3) is 6.08 Å². The molecular weight excluding hydrogens is 490 g/mol. The van der Waals surface area contributed by atoms with Crippen molar-refractivity contribution in [1.82, 2.24) is 15.5 Å². The van der Waals surface area contributed by atoms with Crippen molar-refractivity contribution in [3.63, 3.8) is 0 Å². The predicted octanol–water partition coefficient (Wildman–Crippen LogP) is 4.52. The minimum Gasteiger partial charge on any atom is -0.360 e. The molecule has 186 valence electrons.